The molecule has 2 rings (SSSR count). The fourth-order valence-electron chi connectivity index (χ4n) is 2.29. The number of aromatic nitrogens is 2. The van der Waals surface area contributed by atoms with E-state index in [0.717, 1.165) is 4.68 Å². The minimum absolute atomic E-state index is 0.0148. The molecule has 0 aliphatic carbocycles. The van der Waals surface area contributed by atoms with Crippen LogP contribution < -0.4 is 4.74 Å². The summed E-state index contributed by atoms with van der Waals surface area (Å²) < 4.78 is 40.3. The smallest absolute Gasteiger partial charge is 0.388 e. The maximum atomic E-state index is 12.6. The van der Waals surface area contributed by atoms with Gasteiger partial charge in [0, 0.05) is 12.6 Å². The van der Waals surface area contributed by atoms with Crippen LogP contribution in [0.4, 0.5) is 8.78 Å². The molecule has 1 aromatic carbocycles. The standard InChI is InChI=1S/C17H15Cl3F2N2O5/c1-4-27-15(25)7(2)28-16(26)9-5-8(10(18)6-11(9)19)13-12(20)14(24(3)23-13)29-17(21)22/h5-7,17H,4H2,1-3H3. The quantitative estimate of drug-likeness (QED) is 0.542. The molecule has 1 heterocycles. The van der Waals surface area contributed by atoms with Crippen molar-refractivity contribution >= 4 is 46.7 Å². The first-order valence-corrected chi connectivity index (χ1v) is 9.24. The molecular weight excluding hydrogens is 457 g/mol. The summed E-state index contributed by atoms with van der Waals surface area (Å²) in [4.78, 5) is 24.1. The number of benzene rings is 1. The predicted molar refractivity (Wildman–Crippen MR) is 102 cm³/mol. The van der Waals surface area contributed by atoms with Crippen LogP contribution in [0.2, 0.25) is 15.1 Å². The molecule has 1 unspecified atom stereocenters. The Morgan fingerprint density at radius 3 is 2.45 bits per heavy atom. The van der Waals surface area contributed by atoms with Crippen LogP contribution in [0.3, 0.4) is 0 Å². The van der Waals surface area contributed by atoms with Gasteiger partial charge in [0.25, 0.3) is 0 Å². The van der Waals surface area contributed by atoms with Gasteiger partial charge in [-0.3, -0.25) is 0 Å². The van der Waals surface area contributed by atoms with Gasteiger partial charge in [0.05, 0.1) is 22.2 Å². The average molecular weight is 472 g/mol. The molecule has 0 aliphatic heterocycles. The van der Waals surface area contributed by atoms with E-state index in [2.05, 4.69) is 9.84 Å². The van der Waals surface area contributed by atoms with E-state index in [9.17, 15) is 18.4 Å². The second kappa shape index (κ2) is 9.60. The van der Waals surface area contributed by atoms with Gasteiger partial charge in [0.1, 0.15) is 10.7 Å². The lowest BCUT2D eigenvalue weighted by Gasteiger charge is -2.13. The average Bonchev–Trinajstić information content (AvgIpc) is 2.89. The SMILES string of the molecule is CCOC(=O)C(C)OC(=O)c1cc(-c2nn(C)c(OC(F)F)c2Cl)c(Cl)cc1Cl. The molecule has 0 N–H and O–H groups in total. The largest absolute Gasteiger partial charge is 0.463 e. The summed E-state index contributed by atoms with van der Waals surface area (Å²) in [6, 6.07) is 2.47. The maximum absolute atomic E-state index is 12.6. The summed E-state index contributed by atoms with van der Waals surface area (Å²) in [5, 5.41) is 3.76. The second-order valence-electron chi connectivity index (χ2n) is 5.58. The number of hydrogen-bond donors (Lipinski definition) is 0. The number of nitrogens with zero attached hydrogens (tertiary/aromatic N) is 2. The summed E-state index contributed by atoms with van der Waals surface area (Å²) in [6.07, 6.45) is -1.18. The van der Waals surface area contributed by atoms with Crippen LogP contribution in [0, 0.1) is 0 Å². The number of rotatable bonds is 7. The predicted octanol–water partition coefficient (Wildman–Crippen LogP) is 4.76. The van der Waals surface area contributed by atoms with Crippen molar-refractivity contribution in [3.05, 3.63) is 32.8 Å². The molecule has 0 bridgehead atoms. The Labute approximate surface area is 179 Å². The van der Waals surface area contributed by atoms with Gasteiger partial charge in [-0.1, -0.05) is 34.8 Å². The topological polar surface area (TPSA) is 79.7 Å². The molecule has 2 aromatic rings. The van der Waals surface area contributed by atoms with Crippen molar-refractivity contribution in [2.24, 2.45) is 7.05 Å². The third kappa shape index (κ3) is 5.29. The van der Waals surface area contributed by atoms with Crippen molar-refractivity contribution < 1.29 is 32.6 Å². The van der Waals surface area contributed by atoms with Gasteiger partial charge in [-0.15, -0.1) is 0 Å². The molecule has 7 nitrogen and oxygen atoms in total. The summed E-state index contributed by atoms with van der Waals surface area (Å²) in [6.45, 7) is -0.0543. The molecule has 0 aliphatic rings. The number of aryl methyl sites for hydroxylation is 1. The lowest BCUT2D eigenvalue weighted by molar-refractivity contribution is -0.152. The number of esters is 2. The first-order chi connectivity index (χ1) is 13.6. The van der Waals surface area contributed by atoms with Gasteiger partial charge >= 0.3 is 18.6 Å². The Hall–Kier alpha value is -2.10. The molecule has 29 heavy (non-hydrogen) atoms. The minimum Gasteiger partial charge on any atom is -0.463 e. The normalized spacial score (nSPS) is 12.0. The third-order valence-electron chi connectivity index (χ3n) is 3.57. The summed E-state index contributed by atoms with van der Waals surface area (Å²) in [7, 11) is 1.34. The molecule has 1 atom stereocenters. The number of hydrogen-bond acceptors (Lipinski definition) is 6. The molecular formula is C17H15Cl3F2N2O5. The zero-order chi connectivity index (χ0) is 21.9. The van der Waals surface area contributed by atoms with Gasteiger partial charge in [0.2, 0.25) is 5.88 Å². The Kier molecular flexibility index (Phi) is 7.67. The van der Waals surface area contributed by atoms with Crippen molar-refractivity contribution in [1.29, 1.82) is 0 Å². The zero-order valence-corrected chi connectivity index (χ0v) is 17.6. The van der Waals surface area contributed by atoms with Crippen LogP contribution in [0.15, 0.2) is 12.1 Å². The number of ether oxygens (including phenoxy) is 3. The lowest BCUT2D eigenvalue weighted by atomic mass is 10.1. The molecule has 0 radical (unpaired) electrons. The second-order valence-corrected chi connectivity index (χ2v) is 6.77. The summed E-state index contributed by atoms with van der Waals surface area (Å²) in [5.74, 6) is -2.04. The molecule has 158 valence electrons. The van der Waals surface area contributed by atoms with E-state index in [-0.39, 0.29) is 44.4 Å². The fourth-order valence-corrected chi connectivity index (χ4v) is 3.14. The van der Waals surface area contributed by atoms with Gasteiger partial charge in [0.15, 0.2) is 6.10 Å². The van der Waals surface area contributed by atoms with Crippen LogP contribution in [-0.4, -0.2) is 41.0 Å². The number of alkyl halides is 2. The Morgan fingerprint density at radius 2 is 1.86 bits per heavy atom. The number of halogens is 5. The fraction of sp³-hybridized carbons (Fsp3) is 0.353. The Bertz CT molecular complexity index is 936. The van der Waals surface area contributed by atoms with Gasteiger partial charge < -0.3 is 14.2 Å². The molecule has 0 fully saturated rings. The van der Waals surface area contributed by atoms with Crippen LogP contribution in [0.25, 0.3) is 11.3 Å². The van der Waals surface area contributed by atoms with Crippen molar-refractivity contribution in [3.63, 3.8) is 0 Å². The van der Waals surface area contributed by atoms with Crippen molar-refractivity contribution in [3.8, 4) is 17.1 Å². The Morgan fingerprint density at radius 1 is 1.21 bits per heavy atom. The van der Waals surface area contributed by atoms with E-state index in [1.54, 1.807) is 6.92 Å². The Balaban J connectivity index is 2.42. The molecule has 0 saturated carbocycles. The van der Waals surface area contributed by atoms with Crippen molar-refractivity contribution in [2.75, 3.05) is 6.61 Å². The van der Waals surface area contributed by atoms with Crippen LogP contribution in [0.1, 0.15) is 24.2 Å². The van der Waals surface area contributed by atoms with Crippen LogP contribution in [-0.2, 0) is 21.3 Å². The molecule has 0 saturated heterocycles. The number of carbonyl (C=O) groups is 2. The monoisotopic (exact) mass is 470 g/mol. The summed E-state index contributed by atoms with van der Waals surface area (Å²) >= 11 is 18.3. The highest BCUT2D eigenvalue weighted by Crippen LogP contribution is 2.40. The van der Waals surface area contributed by atoms with Gasteiger partial charge in [-0.2, -0.15) is 13.9 Å². The van der Waals surface area contributed by atoms with Gasteiger partial charge in [-0.05, 0) is 26.0 Å². The molecule has 12 heteroatoms. The van der Waals surface area contributed by atoms with Crippen molar-refractivity contribution in [1.82, 2.24) is 9.78 Å². The third-order valence-corrected chi connectivity index (χ3v) is 4.54. The van der Waals surface area contributed by atoms with E-state index < -0.39 is 24.7 Å². The van der Waals surface area contributed by atoms with E-state index in [0.29, 0.717) is 0 Å². The van der Waals surface area contributed by atoms with E-state index in [4.69, 9.17) is 44.3 Å². The first kappa shape index (κ1) is 23.2. The maximum Gasteiger partial charge on any atom is 0.388 e. The van der Waals surface area contributed by atoms with E-state index >= 15 is 0 Å². The highest BCUT2D eigenvalue weighted by molar-refractivity contribution is 6.39. The van der Waals surface area contributed by atoms with Crippen LogP contribution >= 0.6 is 34.8 Å². The molecule has 0 spiro atoms. The van der Waals surface area contributed by atoms with E-state index in [1.807, 2.05) is 0 Å². The van der Waals surface area contributed by atoms with Crippen LogP contribution in [0.5, 0.6) is 5.88 Å². The molecule has 1 aromatic heterocycles. The molecule has 0 amide bonds. The first-order valence-electron chi connectivity index (χ1n) is 8.11. The zero-order valence-electron chi connectivity index (χ0n) is 15.3. The highest BCUT2D eigenvalue weighted by atomic mass is 35.5. The van der Waals surface area contributed by atoms with Gasteiger partial charge in [-0.25, -0.2) is 14.3 Å². The van der Waals surface area contributed by atoms with E-state index in [1.165, 1.54) is 26.1 Å². The highest BCUT2D eigenvalue weighted by Gasteiger charge is 2.26. The number of carbonyl (C=O) groups excluding carboxylic acids is 2. The minimum atomic E-state index is -3.12. The summed E-state index contributed by atoms with van der Waals surface area (Å²) in [5.41, 5.74) is -0.0317. The lowest BCUT2D eigenvalue weighted by Crippen LogP contribution is -2.26. The van der Waals surface area contributed by atoms with Crippen molar-refractivity contribution in [2.45, 2.75) is 26.6 Å².